The fourth-order valence-corrected chi connectivity index (χ4v) is 4.41. The first kappa shape index (κ1) is 23.6. The third-order valence-corrected chi connectivity index (χ3v) is 5.97. The maximum Gasteiger partial charge on any atom is 0.340 e. The molecule has 2 aromatic carbocycles. The highest BCUT2D eigenvalue weighted by Gasteiger charge is 2.33. The van der Waals surface area contributed by atoms with Crippen LogP contribution in [-0.2, 0) is 16.0 Å². The highest BCUT2D eigenvalue weighted by atomic mass is 16.5. The molecule has 10 nitrogen and oxygen atoms in total. The normalized spacial score (nSPS) is 14.5. The molecular weight excluding hydrogens is 458 g/mol. The Bertz CT molecular complexity index is 1330. The first-order valence-corrected chi connectivity index (χ1v) is 12.1. The molecule has 0 bridgehead atoms. The van der Waals surface area contributed by atoms with E-state index in [2.05, 4.69) is 66.6 Å². The third kappa shape index (κ3) is 4.55. The molecule has 1 unspecified atom stereocenters. The Balaban J connectivity index is 1.44. The molecule has 0 saturated heterocycles. The van der Waals surface area contributed by atoms with Crippen LogP contribution in [-0.4, -0.2) is 50.7 Å². The number of tetrazole rings is 1. The Hall–Kier alpha value is -4.18. The molecule has 0 saturated carbocycles. The van der Waals surface area contributed by atoms with Gasteiger partial charge in [-0.05, 0) is 72.2 Å². The summed E-state index contributed by atoms with van der Waals surface area (Å²) < 4.78 is 13.5. The zero-order valence-corrected chi connectivity index (χ0v) is 20.6. The number of nitrogens with zero attached hydrogens (tertiary/aromatic N) is 5. The van der Waals surface area contributed by atoms with Crippen LogP contribution >= 0.6 is 0 Å². The third-order valence-electron chi connectivity index (χ3n) is 5.97. The minimum atomic E-state index is -0.382. The first-order chi connectivity index (χ1) is 17.6. The molecule has 5 rings (SSSR count). The van der Waals surface area contributed by atoms with E-state index in [-0.39, 0.29) is 12.3 Å². The number of esters is 1. The molecule has 1 aliphatic rings. The lowest BCUT2D eigenvalue weighted by molar-refractivity contribution is 0.0525. The molecule has 10 heteroatoms. The van der Waals surface area contributed by atoms with Gasteiger partial charge in [-0.15, -0.1) is 5.10 Å². The van der Waals surface area contributed by atoms with Crippen LogP contribution in [0.3, 0.4) is 0 Å². The molecular formula is C26H29N7O3. The van der Waals surface area contributed by atoms with Crippen LogP contribution in [0.15, 0.2) is 54.7 Å². The summed E-state index contributed by atoms with van der Waals surface area (Å²) in [5.74, 6) is 0.263. The fraction of sp³-hybridized carbons (Fsp3) is 0.308. The zero-order valence-electron chi connectivity index (χ0n) is 20.6. The highest BCUT2D eigenvalue weighted by Crippen LogP contribution is 2.39. The zero-order chi connectivity index (χ0) is 25.1. The number of benzene rings is 2. The molecule has 2 aromatic heterocycles. The van der Waals surface area contributed by atoms with Gasteiger partial charge in [-0.3, -0.25) is 0 Å². The number of aryl methyl sites for hydroxylation is 1. The van der Waals surface area contributed by atoms with Crippen LogP contribution in [0.1, 0.15) is 41.8 Å². The van der Waals surface area contributed by atoms with Crippen molar-refractivity contribution in [3.63, 3.8) is 0 Å². The molecule has 4 aromatic rings. The summed E-state index contributed by atoms with van der Waals surface area (Å²) in [6, 6.07) is 15.9. The van der Waals surface area contributed by atoms with Gasteiger partial charge in [0, 0.05) is 18.4 Å². The quantitative estimate of drug-likeness (QED) is 0.337. The first-order valence-electron chi connectivity index (χ1n) is 12.1. The van der Waals surface area contributed by atoms with Crippen LogP contribution in [0.25, 0.3) is 17.2 Å². The van der Waals surface area contributed by atoms with Crippen molar-refractivity contribution >= 4 is 17.3 Å². The number of rotatable bonds is 9. The van der Waals surface area contributed by atoms with E-state index in [0.717, 1.165) is 40.3 Å². The lowest BCUT2D eigenvalue weighted by Crippen LogP contribution is -2.38. The number of H-pyrrole nitrogens is 1. The molecule has 0 spiro atoms. The second-order valence-corrected chi connectivity index (χ2v) is 8.61. The summed E-state index contributed by atoms with van der Waals surface area (Å²) in [4.78, 5) is 14.8. The largest absolute Gasteiger partial charge is 0.462 e. The van der Waals surface area contributed by atoms with Crippen LogP contribution in [0.2, 0.25) is 0 Å². The van der Waals surface area contributed by atoms with E-state index in [9.17, 15) is 4.79 Å². The summed E-state index contributed by atoms with van der Waals surface area (Å²) in [7, 11) is 0. The highest BCUT2D eigenvalue weighted by molar-refractivity contribution is 6.00. The molecule has 3 heterocycles. The van der Waals surface area contributed by atoms with Crippen molar-refractivity contribution in [2.75, 3.05) is 23.4 Å². The van der Waals surface area contributed by atoms with E-state index in [1.807, 2.05) is 38.2 Å². The summed E-state index contributed by atoms with van der Waals surface area (Å²) in [6.45, 7) is 7.38. The molecule has 1 atom stereocenters. The van der Waals surface area contributed by atoms with Crippen molar-refractivity contribution in [1.82, 2.24) is 25.2 Å². The standard InChI is InChI=1S/C26H29N7O3/c1-4-13-36-26-27-21-8-6-7-20(25(34)35-5-2)23(21)33(26)16-18-9-11-19(12-10-18)32-15-17(3)14-22(32)24-28-30-31-29-24/h6-12,14-15,26-27H,4-5,13,16H2,1-3H3,(H,28,29,30,31). The summed E-state index contributed by atoms with van der Waals surface area (Å²) in [5.41, 5.74) is 6.22. The lowest BCUT2D eigenvalue weighted by Gasteiger charge is -2.27. The minimum absolute atomic E-state index is 0.318. The molecule has 0 radical (unpaired) electrons. The Labute approximate surface area is 209 Å². The van der Waals surface area contributed by atoms with Crippen LogP contribution < -0.4 is 10.2 Å². The molecule has 0 fully saturated rings. The molecule has 0 amide bonds. The molecule has 36 heavy (non-hydrogen) atoms. The average Bonchev–Trinajstić information content (AvgIpc) is 3.62. The van der Waals surface area contributed by atoms with Gasteiger partial charge in [0.15, 0.2) is 5.82 Å². The Morgan fingerprint density at radius 3 is 2.69 bits per heavy atom. The SMILES string of the molecule is CCCOC1Nc2cccc(C(=O)OCC)c2N1Cc1ccc(-n2cc(C)cc2-c2nnn[nH]2)cc1. The van der Waals surface area contributed by atoms with Gasteiger partial charge in [-0.2, -0.15) is 0 Å². The Morgan fingerprint density at radius 2 is 1.97 bits per heavy atom. The monoisotopic (exact) mass is 487 g/mol. The van der Waals surface area contributed by atoms with E-state index < -0.39 is 0 Å². The number of aromatic nitrogens is 5. The second kappa shape index (κ2) is 10.2. The maximum atomic E-state index is 12.7. The number of hydrogen-bond donors (Lipinski definition) is 2. The number of aromatic amines is 1. The number of nitrogens with one attached hydrogen (secondary N) is 2. The van der Waals surface area contributed by atoms with Gasteiger partial charge in [0.05, 0.1) is 35.8 Å². The molecule has 1 aliphatic heterocycles. The Morgan fingerprint density at radius 1 is 1.14 bits per heavy atom. The topological polar surface area (TPSA) is 110 Å². The van der Waals surface area contributed by atoms with Crippen molar-refractivity contribution < 1.29 is 14.3 Å². The van der Waals surface area contributed by atoms with Crippen LogP contribution in [0.5, 0.6) is 0 Å². The van der Waals surface area contributed by atoms with Gasteiger partial charge < -0.3 is 24.3 Å². The number of anilines is 2. The minimum Gasteiger partial charge on any atom is -0.462 e. The molecule has 2 N–H and O–H groups in total. The maximum absolute atomic E-state index is 12.7. The van der Waals surface area contributed by atoms with Crippen molar-refractivity contribution in [2.45, 2.75) is 40.1 Å². The predicted octanol–water partition coefficient (Wildman–Crippen LogP) is 4.28. The second-order valence-electron chi connectivity index (χ2n) is 8.61. The Kier molecular flexibility index (Phi) is 6.68. The lowest BCUT2D eigenvalue weighted by atomic mass is 10.1. The van der Waals surface area contributed by atoms with Gasteiger partial charge in [-0.25, -0.2) is 9.89 Å². The van der Waals surface area contributed by atoms with Crippen molar-refractivity contribution in [3.8, 4) is 17.2 Å². The van der Waals surface area contributed by atoms with E-state index >= 15 is 0 Å². The number of fused-ring (bicyclic) bond motifs is 1. The summed E-state index contributed by atoms with van der Waals surface area (Å²) >= 11 is 0. The van der Waals surface area contributed by atoms with Gasteiger partial charge in [0.25, 0.3) is 0 Å². The number of carbonyl (C=O) groups is 1. The van der Waals surface area contributed by atoms with Crippen molar-refractivity contribution in [1.29, 1.82) is 0 Å². The number of para-hydroxylation sites is 1. The van der Waals surface area contributed by atoms with Gasteiger partial charge >= 0.3 is 5.97 Å². The van der Waals surface area contributed by atoms with Crippen LogP contribution in [0.4, 0.5) is 11.4 Å². The predicted molar refractivity (Wildman–Crippen MR) is 136 cm³/mol. The summed E-state index contributed by atoms with van der Waals surface area (Å²) in [5, 5.41) is 17.7. The van der Waals surface area contributed by atoms with E-state index in [1.54, 1.807) is 6.07 Å². The van der Waals surface area contributed by atoms with Crippen molar-refractivity contribution in [3.05, 3.63) is 71.4 Å². The van der Waals surface area contributed by atoms with E-state index in [4.69, 9.17) is 9.47 Å². The molecule has 186 valence electrons. The van der Waals surface area contributed by atoms with Crippen molar-refractivity contribution in [2.24, 2.45) is 0 Å². The van der Waals surface area contributed by atoms with E-state index in [0.29, 0.717) is 31.1 Å². The summed E-state index contributed by atoms with van der Waals surface area (Å²) in [6.07, 6.45) is 2.56. The fourth-order valence-electron chi connectivity index (χ4n) is 4.41. The number of ether oxygens (including phenoxy) is 2. The number of carbonyl (C=O) groups excluding carboxylic acids is 1. The van der Waals surface area contributed by atoms with Gasteiger partial charge in [0.2, 0.25) is 6.35 Å². The van der Waals surface area contributed by atoms with Gasteiger partial charge in [-0.1, -0.05) is 25.1 Å². The van der Waals surface area contributed by atoms with Crippen LogP contribution in [0, 0.1) is 6.92 Å². The smallest absolute Gasteiger partial charge is 0.340 e. The van der Waals surface area contributed by atoms with E-state index in [1.165, 1.54) is 0 Å². The molecule has 0 aliphatic carbocycles. The average molecular weight is 488 g/mol. The van der Waals surface area contributed by atoms with Gasteiger partial charge in [0.1, 0.15) is 0 Å². The number of hydrogen-bond acceptors (Lipinski definition) is 8.